The van der Waals surface area contributed by atoms with Gasteiger partial charge in [-0.05, 0) is 69.6 Å². The molecule has 0 aliphatic heterocycles. The third-order valence-corrected chi connectivity index (χ3v) is 5.90. The van der Waals surface area contributed by atoms with E-state index in [0.717, 1.165) is 17.8 Å². The minimum Gasteiger partial charge on any atom is -0.312 e. The van der Waals surface area contributed by atoms with Crippen molar-refractivity contribution in [2.45, 2.75) is 84.1 Å². The summed E-state index contributed by atoms with van der Waals surface area (Å²) < 4.78 is 0. The highest BCUT2D eigenvalue weighted by Gasteiger charge is 2.53. The fraction of sp³-hybridized carbons (Fsp3) is 1.00. The van der Waals surface area contributed by atoms with Crippen molar-refractivity contribution >= 4 is 0 Å². The molecule has 3 fully saturated rings. The van der Waals surface area contributed by atoms with E-state index < -0.39 is 0 Å². The summed E-state index contributed by atoms with van der Waals surface area (Å²) in [4.78, 5) is 0. The summed E-state index contributed by atoms with van der Waals surface area (Å²) in [6.07, 6.45) is 13.7. The molecule has 3 aliphatic rings. The van der Waals surface area contributed by atoms with Crippen molar-refractivity contribution in [3.8, 4) is 0 Å². The van der Waals surface area contributed by atoms with Crippen molar-refractivity contribution in [3.05, 3.63) is 0 Å². The molecule has 2 atom stereocenters. The second kappa shape index (κ2) is 5.06. The molecular weight excluding hydrogens is 230 g/mol. The lowest BCUT2D eigenvalue weighted by Gasteiger charge is -2.38. The quantitative estimate of drug-likeness (QED) is 0.771. The molecule has 0 spiro atoms. The van der Waals surface area contributed by atoms with Gasteiger partial charge in [0.2, 0.25) is 0 Å². The molecule has 1 heteroatoms. The first-order valence-corrected chi connectivity index (χ1v) is 8.71. The lowest BCUT2D eigenvalue weighted by atomic mass is 9.71. The predicted octanol–water partition coefficient (Wildman–Crippen LogP) is 4.76. The maximum atomic E-state index is 3.84. The Morgan fingerprint density at radius 2 is 1.63 bits per heavy atom. The molecule has 0 aromatic carbocycles. The Morgan fingerprint density at radius 3 is 2.21 bits per heavy atom. The van der Waals surface area contributed by atoms with Crippen LogP contribution in [0.5, 0.6) is 0 Å². The van der Waals surface area contributed by atoms with Crippen LogP contribution in [0.15, 0.2) is 0 Å². The summed E-state index contributed by atoms with van der Waals surface area (Å²) in [7, 11) is 0. The van der Waals surface area contributed by atoms with Gasteiger partial charge in [-0.3, -0.25) is 0 Å². The van der Waals surface area contributed by atoms with Gasteiger partial charge in [-0.15, -0.1) is 0 Å². The van der Waals surface area contributed by atoms with Gasteiger partial charge in [-0.1, -0.05) is 32.1 Å². The highest BCUT2D eigenvalue weighted by Crippen LogP contribution is 2.62. The van der Waals surface area contributed by atoms with Crippen molar-refractivity contribution in [1.82, 2.24) is 5.32 Å². The van der Waals surface area contributed by atoms with Crippen LogP contribution in [0, 0.1) is 23.2 Å². The van der Waals surface area contributed by atoms with E-state index >= 15 is 0 Å². The molecule has 0 bridgehead atoms. The SMILES string of the molecule is CC(C)(C)NCC1(CC2CCCCC2)CC2CC2C1. The van der Waals surface area contributed by atoms with Crippen LogP contribution in [-0.4, -0.2) is 12.1 Å². The molecule has 3 rings (SSSR count). The molecule has 0 saturated heterocycles. The highest BCUT2D eigenvalue weighted by atomic mass is 15.0. The fourth-order valence-corrected chi connectivity index (χ4v) is 4.85. The maximum absolute atomic E-state index is 3.84. The summed E-state index contributed by atoms with van der Waals surface area (Å²) in [5, 5.41) is 3.84. The molecule has 3 saturated carbocycles. The topological polar surface area (TPSA) is 12.0 Å². The Morgan fingerprint density at radius 1 is 1.00 bits per heavy atom. The molecule has 0 amide bonds. The van der Waals surface area contributed by atoms with E-state index in [1.54, 1.807) is 6.42 Å². The molecule has 0 aromatic rings. The molecule has 1 nitrogen and oxygen atoms in total. The summed E-state index contributed by atoms with van der Waals surface area (Å²) >= 11 is 0. The monoisotopic (exact) mass is 263 g/mol. The van der Waals surface area contributed by atoms with Crippen LogP contribution < -0.4 is 5.32 Å². The van der Waals surface area contributed by atoms with Gasteiger partial charge in [0.25, 0.3) is 0 Å². The van der Waals surface area contributed by atoms with Crippen molar-refractivity contribution in [3.63, 3.8) is 0 Å². The number of fused-ring (bicyclic) bond motifs is 1. The molecule has 0 aromatic heterocycles. The zero-order valence-electron chi connectivity index (χ0n) is 13.3. The maximum Gasteiger partial charge on any atom is 0.00967 e. The van der Waals surface area contributed by atoms with Crippen LogP contribution in [0.3, 0.4) is 0 Å². The van der Waals surface area contributed by atoms with Gasteiger partial charge in [0, 0.05) is 12.1 Å². The van der Waals surface area contributed by atoms with Crippen molar-refractivity contribution in [2.24, 2.45) is 23.2 Å². The van der Waals surface area contributed by atoms with E-state index in [-0.39, 0.29) is 5.54 Å². The molecule has 0 heterocycles. The van der Waals surface area contributed by atoms with Crippen LogP contribution in [0.25, 0.3) is 0 Å². The van der Waals surface area contributed by atoms with E-state index in [2.05, 4.69) is 26.1 Å². The van der Waals surface area contributed by atoms with Gasteiger partial charge in [0.05, 0.1) is 0 Å². The van der Waals surface area contributed by atoms with Gasteiger partial charge >= 0.3 is 0 Å². The molecular formula is C18H33N. The number of hydrogen-bond acceptors (Lipinski definition) is 1. The standard InChI is InChI=1S/C18H33N/c1-17(2,3)19-13-18(11-15-9-16(15)12-18)10-14-7-5-4-6-8-14/h14-16,19H,4-13H2,1-3H3. The average molecular weight is 263 g/mol. The highest BCUT2D eigenvalue weighted by molar-refractivity contribution is 5.05. The first-order valence-electron chi connectivity index (χ1n) is 8.71. The van der Waals surface area contributed by atoms with E-state index in [1.807, 2.05) is 0 Å². The average Bonchev–Trinajstić information content (AvgIpc) is 2.96. The minimum atomic E-state index is 0.284. The van der Waals surface area contributed by atoms with Gasteiger partial charge in [0.15, 0.2) is 0 Å². The van der Waals surface area contributed by atoms with Crippen LogP contribution >= 0.6 is 0 Å². The van der Waals surface area contributed by atoms with Crippen LogP contribution in [-0.2, 0) is 0 Å². The van der Waals surface area contributed by atoms with E-state index in [9.17, 15) is 0 Å². The van der Waals surface area contributed by atoms with E-state index in [1.165, 1.54) is 57.9 Å². The summed E-state index contributed by atoms with van der Waals surface area (Å²) in [6, 6.07) is 0. The second-order valence-corrected chi connectivity index (χ2v) is 8.98. The van der Waals surface area contributed by atoms with Gasteiger partial charge in [-0.25, -0.2) is 0 Å². The van der Waals surface area contributed by atoms with Gasteiger partial charge in [0.1, 0.15) is 0 Å². The number of rotatable bonds is 4. The fourth-order valence-electron chi connectivity index (χ4n) is 4.85. The van der Waals surface area contributed by atoms with Crippen molar-refractivity contribution < 1.29 is 0 Å². The van der Waals surface area contributed by atoms with Crippen molar-refractivity contribution in [2.75, 3.05) is 6.54 Å². The van der Waals surface area contributed by atoms with E-state index in [0.29, 0.717) is 5.41 Å². The van der Waals surface area contributed by atoms with E-state index in [4.69, 9.17) is 0 Å². The molecule has 110 valence electrons. The Bertz CT molecular complexity index is 298. The third-order valence-electron chi connectivity index (χ3n) is 5.90. The van der Waals surface area contributed by atoms with Gasteiger partial charge in [-0.2, -0.15) is 0 Å². The zero-order valence-corrected chi connectivity index (χ0v) is 13.3. The lowest BCUT2D eigenvalue weighted by molar-refractivity contribution is 0.153. The first-order chi connectivity index (χ1) is 8.96. The first kappa shape index (κ1) is 13.9. The lowest BCUT2D eigenvalue weighted by Crippen LogP contribution is -2.44. The summed E-state index contributed by atoms with van der Waals surface area (Å²) in [5.74, 6) is 3.28. The summed E-state index contributed by atoms with van der Waals surface area (Å²) in [6.45, 7) is 8.23. The van der Waals surface area contributed by atoms with Crippen molar-refractivity contribution in [1.29, 1.82) is 0 Å². The Balaban J connectivity index is 1.59. The number of nitrogens with one attached hydrogen (secondary N) is 1. The third kappa shape index (κ3) is 3.54. The Labute approximate surface area is 119 Å². The predicted molar refractivity (Wildman–Crippen MR) is 82.2 cm³/mol. The smallest absolute Gasteiger partial charge is 0.00967 e. The molecule has 2 unspecified atom stereocenters. The Hall–Kier alpha value is -0.0400. The molecule has 3 aliphatic carbocycles. The van der Waals surface area contributed by atoms with Crippen LogP contribution in [0.4, 0.5) is 0 Å². The summed E-state index contributed by atoms with van der Waals surface area (Å²) in [5.41, 5.74) is 0.954. The Kier molecular flexibility index (Phi) is 3.71. The molecule has 0 radical (unpaired) electrons. The number of hydrogen-bond donors (Lipinski definition) is 1. The molecule has 19 heavy (non-hydrogen) atoms. The second-order valence-electron chi connectivity index (χ2n) is 8.98. The minimum absolute atomic E-state index is 0.284. The zero-order chi connectivity index (χ0) is 13.5. The van der Waals surface area contributed by atoms with Crippen LogP contribution in [0.2, 0.25) is 0 Å². The largest absolute Gasteiger partial charge is 0.312 e. The van der Waals surface area contributed by atoms with Crippen LogP contribution in [0.1, 0.15) is 78.6 Å². The van der Waals surface area contributed by atoms with Gasteiger partial charge < -0.3 is 5.32 Å². The normalized spacial score (nSPS) is 39.3. The molecule has 1 N–H and O–H groups in total.